The van der Waals surface area contributed by atoms with E-state index < -0.39 is 49.5 Å². The highest BCUT2D eigenvalue weighted by molar-refractivity contribution is 8.12. The van der Waals surface area contributed by atoms with Crippen molar-refractivity contribution in [3.05, 3.63) is 29.1 Å². The van der Waals surface area contributed by atoms with Crippen molar-refractivity contribution in [2.75, 3.05) is 5.75 Å². The Balaban J connectivity index is 1.85. The number of thioether (sulfide) groups is 1. The molecule has 0 N–H and O–H groups in total. The topological polar surface area (TPSA) is 43.4 Å². The zero-order valence-corrected chi connectivity index (χ0v) is 17.4. The van der Waals surface area contributed by atoms with Crippen molar-refractivity contribution in [1.29, 1.82) is 0 Å². The Bertz CT molecular complexity index is 808. The SMILES string of the molecule is O=S(=O)(Oc1c(F)c(F)c(F)c(F)c1F)C1SCCC1C1CCCCCCCC1. The van der Waals surface area contributed by atoms with Crippen molar-refractivity contribution in [3.8, 4) is 5.75 Å². The Morgan fingerprint density at radius 3 is 1.76 bits per heavy atom. The molecule has 0 amide bonds. The van der Waals surface area contributed by atoms with Crippen LogP contribution in [-0.2, 0) is 10.1 Å². The minimum absolute atomic E-state index is 0.128. The molecule has 10 heteroatoms. The third-order valence-electron chi connectivity index (χ3n) is 5.74. The maximum atomic E-state index is 13.9. The van der Waals surface area contributed by atoms with E-state index in [0.717, 1.165) is 63.1 Å². The van der Waals surface area contributed by atoms with Crippen LogP contribution in [0.25, 0.3) is 0 Å². The first-order valence-electron chi connectivity index (χ1n) is 9.80. The van der Waals surface area contributed by atoms with Crippen LogP contribution < -0.4 is 4.18 Å². The number of benzene rings is 1. The third kappa shape index (κ3) is 4.84. The second kappa shape index (κ2) is 9.41. The lowest BCUT2D eigenvalue weighted by Crippen LogP contribution is -2.32. The van der Waals surface area contributed by atoms with Crippen LogP contribution in [0, 0.1) is 40.9 Å². The number of halogens is 5. The van der Waals surface area contributed by atoms with Gasteiger partial charge in [0.05, 0.1) is 0 Å². The van der Waals surface area contributed by atoms with Gasteiger partial charge in [-0.25, -0.2) is 13.2 Å². The standard InChI is InChI=1S/C19H23F5O3S2/c20-13-14(21)16(23)18(17(24)15(13)22)27-29(25,26)19-12(9-10-28-19)11-7-5-3-1-2-4-6-8-11/h11-12,19H,1-10H2. The highest BCUT2D eigenvalue weighted by Crippen LogP contribution is 2.45. The molecule has 1 aliphatic heterocycles. The van der Waals surface area contributed by atoms with E-state index in [1.165, 1.54) is 0 Å². The van der Waals surface area contributed by atoms with E-state index in [4.69, 9.17) is 0 Å². The van der Waals surface area contributed by atoms with E-state index >= 15 is 0 Å². The highest BCUT2D eigenvalue weighted by atomic mass is 32.3. The van der Waals surface area contributed by atoms with Crippen LogP contribution in [0.15, 0.2) is 0 Å². The molecular weight excluding hydrogens is 435 g/mol. The van der Waals surface area contributed by atoms with E-state index in [1.54, 1.807) is 0 Å². The summed E-state index contributed by atoms with van der Waals surface area (Å²) in [6.45, 7) is 0. The normalized spacial score (nSPS) is 24.7. The number of rotatable bonds is 4. The van der Waals surface area contributed by atoms with Crippen LogP contribution in [0.2, 0.25) is 0 Å². The number of hydrogen-bond donors (Lipinski definition) is 0. The van der Waals surface area contributed by atoms with Gasteiger partial charge in [-0.15, -0.1) is 11.8 Å². The minimum atomic E-state index is -4.61. The van der Waals surface area contributed by atoms with Crippen LogP contribution in [0.1, 0.15) is 57.8 Å². The zero-order valence-electron chi connectivity index (χ0n) is 15.7. The highest BCUT2D eigenvalue weighted by Gasteiger charge is 2.44. The van der Waals surface area contributed by atoms with Crippen molar-refractivity contribution in [3.63, 3.8) is 0 Å². The van der Waals surface area contributed by atoms with E-state index in [0.29, 0.717) is 12.2 Å². The van der Waals surface area contributed by atoms with Gasteiger partial charge in [0.15, 0.2) is 0 Å². The van der Waals surface area contributed by atoms with Gasteiger partial charge in [-0.3, -0.25) is 0 Å². The van der Waals surface area contributed by atoms with Gasteiger partial charge in [0, 0.05) is 0 Å². The molecule has 2 aliphatic rings. The first-order valence-corrected chi connectivity index (χ1v) is 12.3. The van der Waals surface area contributed by atoms with Gasteiger partial charge >= 0.3 is 10.1 Å². The molecule has 2 fully saturated rings. The van der Waals surface area contributed by atoms with Crippen molar-refractivity contribution in [1.82, 2.24) is 0 Å². The summed E-state index contributed by atoms with van der Waals surface area (Å²) in [7, 11) is -4.61. The van der Waals surface area contributed by atoms with Crippen molar-refractivity contribution < 1.29 is 34.6 Å². The fourth-order valence-corrected chi connectivity index (χ4v) is 7.83. The maximum absolute atomic E-state index is 13.9. The molecule has 2 atom stereocenters. The molecular formula is C19H23F5O3S2. The first-order chi connectivity index (χ1) is 13.7. The molecule has 0 bridgehead atoms. The van der Waals surface area contributed by atoms with Crippen molar-refractivity contribution >= 4 is 21.9 Å². The Morgan fingerprint density at radius 1 is 0.724 bits per heavy atom. The average Bonchev–Trinajstić information content (AvgIpc) is 3.22. The zero-order chi connectivity index (χ0) is 21.2. The van der Waals surface area contributed by atoms with E-state index in [9.17, 15) is 30.4 Å². The molecule has 3 nitrogen and oxygen atoms in total. The molecule has 1 aromatic carbocycles. The minimum Gasteiger partial charge on any atom is -0.375 e. The summed E-state index contributed by atoms with van der Waals surface area (Å²) in [6.07, 6.45) is 8.76. The third-order valence-corrected chi connectivity index (χ3v) is 9.32. The molecule has 164 valence electrons. The van der Waals surface area contributed by atoms with Crippen molar-refractivity contribution in [2.24, 2.45) is 11.8 Å². The molecule has 1 heterocycles. The Kier molecular flexibility index (Phi) is 7.35. The summed E-state index contributed by atoms with van der Waals surface area (Å²) in [5, 5.41) is 0. The summed E-state index contributed by atoms with van der Waals surface area (Å²) in [5.41, 5.74) is 0. The summed E-state index contributed by atoms with van der Waals surface area (Å²) >= 11 is 1.09. The molecule has 1 aromatic rings. The van der Waals surface area contributed by atoms with Crippen LogP contribution in [-0.4, -0.2) is 18.8 Å². The molecule has 3 rings (SSSR count). The average molecular weight is 459 g/mol. The van der Waals surface area contributed by atoms with Gasteiger partial charge < -0.3 is 4.18 Å². The van der Waals surface area contributed by atoms with Gasteiger partial charge in [-0.05, 0) is 24.0 Å². The maximum Gasteiger partial charge on any atom is 0.322 e. The second-order valence-electron chi connectivity index (χ2n) is 7.63. The first kappa shape index (κ1) is 22.7. The molecule has 1 saturated heterocycles. The van der Waals surface area contributed by atoms with Gasteiger partial charge in [-0.1, -0.05) is 51.4 Å². The second-order valence-corrected chi connectivity index (χ2v) is 10.8. The molecule has 1 aliphatic carbocycles. The van der Waals surface area contributed by atoms with E-state index in [1.807, 2.05) is 0 Å². The molecule has 0 radical (unpaired) electrons. The smallest absolute Gasteiger partial charge is 0.322 e. The lowest BCUT2D eigenvalue weighted by Gasteiger charge is -2.27. The van der Waals surface area contributed by atoms with E-state index in [2.05, 4.69) is 4.18 Å². The monoisotopic (exact) mass is 458 g/mol. The van der Waals surface area contributed by atoms with Crippen LogP contribution in [0.4, 0.5) is 22.0 Å². The Hall–Kier alpha value is -1.03. The summed E-state index contributed by atoms with van der Waals surface area (Å²) in [6, 6.07) is 0. The van der Waals surface area contributed by atoms with Gasteiger partial charge in [0.25, 0.3) is 0 Å². The molecule has 29 heavy (non-hydrogen) atoms. The van der Waals surface area contributed by atoms with Gasteiger partial charge in [-0.2, -0.15) is 17.2 Å². The Labute approximate surface area is 171 Å². The van der Waals surface area contributed by atoms with Crippen molar-refractivity contribution in [2.45, 2.75) is 62.4 Å². The molecule has 1 saturated carbocycles. The fourth-order valence-electron chi connectivity index (χ4n) is 4.25. The summed E-state index contributed by atoms with van der Waals surface area (Å²) in [5.74, 6) is -12.8. The predicted molar refractivity (Wildman–Crippen MR) is 101 cm³/mol. The van der Waals surface area contributed by atoms with Gasteiger partial charge in [0.1, 0.15) is 4.58 Å². The molecule has 0 aromatic heterocycles. The quantitative estimate of drug-likeness (QED) is 0.243. The lowest BCUT2D eigenvalue weighted by molar-refractivity contribution is 0.291. The van der Waals surface area contributed by atoms with Crippen LogP contribution in [0.3, 0.4) is 0 Å². The number of hydrogen-bond acceptors (Lipinski definition) is 4. The lowest BCUT2D eigenvalue weighted by atomic mass is 9.84. The van der Waals surface area contributed by atoms with Crippen LogP contribution in [0.5, 0.6) is 5.75 Å². The molecule has 2 unspecified atom stereocenters. The largest absolute Gasteiger partial charge is 0.375 e. The van der Waals surface area contributed by atoms with Crippen LogP contribution >= 0.6 is 11.8 Å². The molecule has 0 spiro atoms. The Morgan fingerprint density at radius 2 is 1.21 bits per heavy atom. The fraction of sp³-hybridized carbons (Fsp3) is 0.684. The summed E-state index contributed by atoms with van der Waals surface area (Å²) < 4.78 is 96.8. The predicted octanol–water partition coefficient (Wildman–Crippen LogP) is 5.92. The summed E-state index contributed by atoms with van der Waals surface area (Å²) in [4.78, 5) is 0. The van der Waals surface area contributed by atoms with E-state index in [-0.39, 0.29) is 11.8 Å². The van der Waals surface area contributed by atoms with Gasteiger partial charge in [0.2, 0.25) is 34.8 Å².